The van der Waals surface area contributed by atoms with Crippen LogP contribution in [0.3, 0.4) is 0 Å². The maximum atomic E-state index is 11.0. The molecule has 0 atom stereocenters. The van der Waals surface area contributed by atoms with Crippen molar-refractivity contribution in [3.05, 3.63) is 29.3 Å². The highest BCUT2D eigenvalue weighted by Crippen LogP contribution is 2.28. The second kappa shape index (κ2) is 7.29. The average Bonchev–Trinajstić information content (AvgIpc) is 2.46. The van der Waals surface area contributed by atoms with Crippen molar-refractivity contribution in [2.24, 2.45) is 5.84 Å². The van der Waals surface area contributed by atoms with Gasteiger partial charge in [-0.15, -0.1) is 0 Å². The van der Waals surface area contributed by atoms with E-state index in [0.29, 0.717) is 6.42 Å². The monoisotopic (exact) mass is 275 g/mol. The van der Waals surface area contributed by atoms with Crippen LogP contribution >= 0.6 is 0 Å². The first-order chi connectivity index (χ1) is 9.70. The number of aryl methyl sites for hydroxylation is 2. The van der Waals surface area contributed by atoms with Crippen molar-refractivity contribution in [2.75, 3.05) is 18.0 Å². The van der Waals surface area contributed by atoms with Gasteiger partial charge in [0.05, 0.1) is 0 Å². The minimum Gasteiger partial charge on any atom is -0.371 e. The van der Waals surface area contributed by atoms with Crippen molar-refractivity contribution in [3.63, 3.8) is 0 Å². The minimum absolute atomic E-state index is 0.0659. The molecule has 1 aromatic rings. The lowest BCUT2D eigenvalue weighted by molar-refractivity contribution is -0.121. The highest BCUT2D eigenvalue weighted by Gasteiger charge is 2.16. The van der Waals surface area contributed by atoms with Crippen LogP contribution in [-0.4, -0.2) is 19.0 Å². The molecule has 1 amide bonds. The number of rotatable bonds is 6. The van der Waals surface area contributed by atoms with E-state index in [1.165, 1.54) is 29.7 Å². The lowest BCUT2D eigenvalue weighted by Crippen LogP contribution is -2.30. The average molecular weight is 275 g/mol. The largest absolute Gasteiger partial charge is 0.371 e. The molecule has 4 nitrogen and oxygen atoms in total. The number of hydrazine groups is 1. The topological polar surface area (TPSA) is 58.4 Å². The van der Waals surface area contributed by atoms with Crippen molar-refractivity contribution >= 4 is 11.6 Å². The lowest BCUT2D eigenvalue weighted by Gasteiger charge is -2.31. The SMILES string of the molecule is Cc1ccc2c(c1)CCCN2CCCCCC(=O)NN. The van der Waals surface area contributed by atoms with Gasteiger partial charge in [-0.3, -0.25) is 10.2 Å². The van der Waals surface area contributed by atoms with Gasteiger partial charge in [0, 0.05) is 25.2 Å². The number of carbonyl (C=O) groups is 1. The Balaban J connectivity index is 1.79. The van der Waals surface area contributed by atoms with E-state index in [1.807, 2.05) is 0 Å². The highest BCUT2D eigenvalue weighted by molar-refractivity contribution is 5.75. The summed E-state index contributed by atoms with van der Waals surface area (Å²) in [5.74, 6) is 5.00. The van der Waals surface area contributed by atoms with Crippen LogP contribution in [0.15, 0.2) is 18.2 Å². The summed E-state index contributed by atoms with van der Waals surface area (Å²) >= 11 is 0. The van der Waals surface area contributed by atoms with E-state index in [-0.39, 0.29) is 5.91 Å². The first-order valence-electron chi connectivity index (χ1n) is 7.54. The molecule has 0 spiro atoms. The normalized spacial score (nSPS) is 14.0. The molecule has 0 saturated heterocycles. The predicted molar refractivity (Wildman–Crippen MR) is 82.5 cm³/mol. The maximum Gasteiger partial charge on any atom is 0.233 e. The number of nitrogens with zero attached hydrogens (tertiary/aromatic N) is 1. The van der Waals surface area contributed by atoms with Crippen molar-refractivity contribution in [3.8, 4) is 0 Å². The first-order valence-corrected chi connectivity index (χ1v) is 7.54. The molecule has 1 aromatic carbocycles. The smallest absolute Gasteiger partial charge is 0.233 e. The Hall–Kier alpha value is -1.55. The number of nitrogens with one attached hydrogen (secondary N) is 1. The Morgan fingerprint density at radius 2 is 2.20 bits per heavy atom. The third-order valence-electron chi connectivity index (χ3n) is 3.94. The summed E-state index contributed by atoms with van der Waals surface area (Å²) in [5.41, 5.74) is 6.41. The van der Waals surface area contributed by atoms with Gasteiger partial charge in [0.25, 0.3) is 0 Å². The second-order valence-electron chi connectivity index (χ2n) is 5.60. The lowest BCUT2D eigenvalue weighted by atomic mass is 9.99. The fourth-order valence-corrected chi connectivity index (χ4v) is 2.87. The van der Waals surface area contributed by atoms with Crippen LogP contribution in [0.4, 0.5) is 5.69 Å². The van der Waals surface area contributed by atoms with Crippen molar-refractivity contribution in [1.29, 1.82) is 0 Å². The van der Waals surface area contributed by atoms with E-state index < -0.39 is 0 Å². The molecule has 0 aliphatic carbocycles. The Kier molecular flexibility index (Phi) is 5.41. The number of unbranched alkanes of at least 4 members (excludes halogenated alkanes) is 2. The predicted octanol–water partition coefficient (Wildman–Crippen LogP) is 2.30. The molecule has 20 heavy (non-hydrogen) atoms. The van der Waals surface area contributed by atoms with Crippen LogP contribution in [-0.2, 0) is 11.2 Å². The minimum atomic E-state index is -0.0659. The molecular formula is C16H25N3O. The number of nitrogens with two attached hydrogens (primary N) is 1. The molecule has 0 bridgehead atoms. The molecule has 1 aliphatic rings. The number of hydrogen-bond donors (Lipinski definition) is 2. The van der Waals surface area contributed by atoms with E-state index in [9.17, 15) is 4.79 Å². The van der Waals surface area contributed by atoms with Gasteiger partial charge in [-0.05, 0) is 44.2 Å². The Morgan fingerprint density at radius 3 is 3.00 bits per heavy atom. The van der Waals surface area contributed by atoms with Gasteiger partial charge in [0.2, 0.25) is 5.91 Å². The highest BCUT2D eigenvalue weighted by atomic mass is 16.2. The Bertz CT molecular complexity index is 459. The van der Waals surface area contributed by atoms with Gasteiger partial charge in [-0.25, -0.2) is 5.84 Å². The third kappa shape index (κ3) is 3.97. The summed E-state index contributed by atoms with van der Waals surface area (Å²) in [6, 6.07) is 6.77. The van der Waals surface area contributed by atoms with Crippen LogP contribution in [0.1, 0.15) is 43.2 Å². The second-order valence-corrected chi connectivity index (χ2v) is 5.60. The fourth-order valence-electron chi connectivity index (χ4n) is 2.87. The molecule has 4 heteroatoms. The van der Waals surface area contributed by atoms with E-state index in [0.717, 1.165) is 32.4 Å². The van der Waals surface area contributed by atoms with Gasteiger partial charge in [-0.2, -0.15) is 0 Å². The van der Waals surface area contributed by atoms with E-state index >= 15 is 0 Å². The summed E-state index contributed by atoms with van der Waals surface area (Å²) in [7, 11) is 0. The molecule has 0 aromatic heterocycles. The summed E-state index contributed by atoms with van der Waals surface area (Å²) in [4.78, 5) is 13.5. The van der Waals surface area contributed by atoms with E-state index in [1.54, 1.807) is 0 Å². The molecule has 2 rings (SSSR count). The van der Waals surface area contributed by atoms with Crippen LogP contribution in [0.2, 0.25) is 0 Å². The zero-order chi connectivity index (χ0) is 14.4. The fraction of sp³-hybridized carbons (Fsp3) is 0.562. The molecule has 3 N–H and O–H groups in total. The number of benzene rings is 1. The molecule has 0 fully saturated rings. The van der Waals surface area contributed by atoms with Gasteiger partial charge in [0.15, 0.2) is 0 Å². The molecule has 110 valence electrons. The van der Waals surface area contributed by atoms with E-state index in [2.05, 4.69) is 35.4 Å². The number of anilines is 1. The van der Waals surface area contributed by atoms with Crippen molar-refractivity contribution < 1.29 is 4.79 Å². The third-order valence-corrected chi connectivity index (χ3v) is 3.94. The van der Waals surface area contributed by atoms with Crippen molar-refractivity contribution in [2.45, 2.75) is 45.4 Å². The maximum absolute atomic E-state index is 11.0. The van der Waals surface area contributed by atoms with Crippen LogP contribution in [0, 0.1) is 6.92 Å². The zero-order valence-electron chi connectivity index (χ0n) is 12.3. The summed E-state index contributed by atoms with van der Waals surface area (Å²) in [6.45, 7) is 4.39. The number of amides is 1. The summed E-state index contributed by atoms with van der Waals surface area (Å²) in [6.07, 6.45) is 6.09. The molecule has 1 aliphatic heterocycles. The summed E-state index contributed by atoms with van der Waals surface area (Å²) < 4.78 is 0. The van der Waals surface area contributed by atoms with Crippen LogP contribution < -0.4 is 16.2 Å². The number of carbonyl (C=O) groups excluding carboxylic acids is 1. The molecular weight excluding hydrogens is 250 g/mol. The van der Waals surface area contributed by atoms with E-state index in [4.69, 9.17) is 5.84 Å². The van der Waals surface area contributed by atoms with Crippen molar-refractivity contribution in [1.82, 2.24) is 5.43 Å². The zero-order valence-corrected chi connectivity index (χ0v) is 12.3. The number of fused-ring (bicyclic) bond motifs is 1. The molecule has 0 unspecified atom stereocenters. The van der Waals surface area contributed by atoms with Crippen LogP contribution in [0.25, 0.3) is 0 Å². The quantitative estimate of drug-likeness (QED) is 0.362. The first kappa shape index (κ1) is 14.9. The molecule has 0 saturated carbocycles. The van der Waals surface area contributed by atoms with Gasteiger partial charge >= 0.3 is 0 Å². The Morgan fingerprint density at radius 1 is 1.35 bits per heavy atom. The van der Waals surface area contributed by atoms with Gasteiger partial charge in [0.1, 0.15) is 0 Å². The summed E-state index contributed by atoms with van der Waals surface area (Å²) in [5, 5.41) is 0. The standard InChI is InChI=1S/C16H25N3O/c1-13-8-9-15-14(12-13)6-5-11-19(15)10-4-2-3-7-16(20)18-17/h8-9,12H,2-7,10-11,17H2,1H3,(H,18,20). The van der Waals surface area contributed by atoms with Gasteiger partial charge < -0.3 is 4.90 Å². The molecule has 1 heterocycles. The molecule has 0 radical (unpaired) electrons. The van der Waals surface area contributed by atoms with Gasteiger partial charge in [-0.1, -0.05) is 24.1 Å². The number of hydrogen-bond acceptors (Lipinski definition) is 3. The Labute approximate surface area is 121 Å². The van der Waals surface area contributed by atoms with Crippen LogP contribution in [0.5, 0.6) is 0 Å².